The molecule has 0 atom stereocenters. The maximum Gasteiger partial charge on any atom is 0.243 e. The van der Waals surface area contributed by atoms with E-state index >= 15 is 0 Å². The average molecular weight is 288 g/mol. The molecule has 1 amide bonds. The largest absolute Gasteiger partial charge is 0.380 e. The van der Waals surface area contributed by atoms with Gasteiger partial charge in [0.15, 0.2) is 0 Å². The van der Waals surface area contributed by atoms with E-state index in [2.05, 4.69) is 10.6 Å². The van der Waals surface area contributed by atoms with E-state index in [0.29, 0.717) is 12.3 Å². The fourth-order valence-electron chi connectivity index (χ4n) is 1.92. The molecule has 0 heterocycles. The molecule has 0 fully saturated rings. The maximum absolute atomic E-state index is 13.0. The number of benzene rings is 2. The molecule has 0 aliphatic heterocycles. The molecule has 0 spiro atoms. The molecule has 0 saturated carbocycles. The number of methoxy groups -OCH3 is 1. The van der Waals surface area contributed by atoms with Crippen LogP contribution in [-0.4, -0.2) is 19.6 Å². The normalized spacial score (nSPS) is 10.2. The van der Waals surface area contributed by atoms with Crippen molar-refractivity contribution in [3.05, 3.63) is 59.9 Å². The summed E-state index contributed by atoms with van der Waals surface area (Å²) in [7, 11) is 1.62. The van der Waals surface area contributed by atoms with Crippen LogP contribution in [0.15, 0.2) is 48.5 Å². The molecule has 0 saturated heterocycles. The van der Waals surface area contributed by atoms with Crippen molar-refractivity contribution >= 4 is 17.3 Å². The highest BCUT2D eigenvalue weighted by Crippen LogP contribution is 2.15. The van der Waals surface area contributed by atoms with E-state index in [1.165, 1.54) is 12.1 Å². The second kappa shape index (κ2) is 7.40. The number of ether oxygens (including phenoxy) is 1. The first-order valence-corrected chi connectivity index (χ1v) is 6.55. The minimum atomic E-state index is -0.383. The third-order valence-corrected chi connectivity index (χ3v) is 2.86. The predicted octanol–water partition coefficient (Wildman–Crippen LogP) is 3.02. The Balaban J connectivity index is 1.92. The van der Waals surface area contributed by atoms with Gasteiger partial charge in [-0.3, -0.25) is 4.79 Å². The molecule has 0 aromatic heterocycles. The van der Waals surface area contributed by atoms with Gasteiger partial charge in [-0.25, -0.2) is 4.39 Å². The Hall–Kier alpha value is -2.40. The van der Waals surface area contributed by atoms with Crippen molar-refractivity contribution in [2.75, 3.05) is 24.3 Å². The van der Waals surface area contributed by atoms with Gasteiger partial charge in [-0.05, 0) is 24.3 Å². The zero-order valence-electron chi connectivity index (χ0n) is 11.7. The minimum Gasteiger partial charge on any atom is -0.380 e. The Morgan fingerprint density at radius 2 is 2.00 bits per heavy atom. The lowest BCUT2D eigenvalue weighted by Crippen LogP contribution is -2.22. The summed E-state index contributed by atoms with van der Waals surface area (Å²) in [6.45, 7) is 0.561. The Kier molecular flexibility index (Phi) is 5.29. The van der Waals surface area contributed by atoms with Crippen molar-refractivity contribution in [1.29, 1.82) is 0 Å². The second-order valence-corrected chi connectivity index (χ2v) is 4.50. The third kappa shape index (κ3) is 4.57. The van der Waals surface area contributed by atoms with Crippen molar-refractivity contribution in [2.45, 2.75) is 6.61 Å². The summed E-state index contributed by atoms with van der Waals surface area (Å²) in [4.78, 5) is 11.8. The Morgan fingerprint density at radius 3 is 2.76 bits per heavy atom. The average Bonchev–Trinajstić information content (AvgIpc) is 2.47. The van der Waals surface area contributed by atoms with Crippen LogP contribution in [0.5, 0.6) is 0 Å². The van der Waals surface area contributed by atoms with E-state index in [1.54, 1.807) is 19.2 Å². The molecule has 0 unspecified atom stereocenters. The van der Waals surface area contributed by atoms with Crippen LogP contribution < -0.4 is 10.6 Å². The fraction of sp³-hybridized carbons (Fsp3) is 0.188. The monoisotopic (exact) mass is 288 g/mol. The zero-order valence-corrected chi connectivity index (χ0v) is 11.7. The van der Waals surface area contributed by atoms with E-state index in [0.717, 1.165) is 11.3 Å². The van der Waals surface area contributed by atoms with Gasteiger partial charge in [-0.15, -0.1) is 0 Å². The summed E-state index contributed by atoms with van der Waals surface area (Å²) < 4.78 is 18.1. The number of para-hydroxylation sites is 1. The van der Waals surface area contributed by atoms with Crippen LogP contribution in [0.3, 0.4) is 0 Å². The van der Waals surface area contributed by atoms with E-state index in [-0.39, 0.29) is 18.3 Å². The van der Waals surface area contributed by atoms with Gasteiger partial charge in [0, 0.05) is 24.0 Å². The number of carbonyl (C=O) groups is 1. The topological polar surface area (TPSA) is 50.4 Å². The highest BCUT2D eigenvalue weighted by molar-refractivity contribution is 5.93. The zero-order chi connectivity index (χ0) is 15.1. The van der Waals surface area contributed by atoms with Gasteiger partial charge in [0.1, 0.15) is 5.82 Å². The predicted molar refractivity (Wildman–Crippen MR) is 80.7 cm³/mol. The minimum absolute atomic E-state index is 0.0945. The Labute approximate surface area is 122 Å². The van der Waals surface area contributed by atoms with Gasteiger partial charge < -0.3 is 15.4 Å². The highest BCUT2D eigenvalue weighted by Gasteiger charge is 2.05. The van der Waals surface area contributed by atoms with E-state index in [1.807, 2.05) is 24.3 Å². The Bertz CT molecular complexity index is 617. The molecule has 0 bridgehead atoms. The van der Waals surface area contributed by atoms with Gasteiger partial charge in [0.25, 0.3) is 0 Å². The van der Waals surface area contributed by atoms with E-state index in [9.17, 15) is 9.18 Å². The van der Waals surface area contributed by atoms with Gasteiger partial charge >= 0.3 is 0 Å². The van der Waals surface area contributed by atoms with Crippen LogP contribution in [0.1, 0.15) is 5.56 Å². The number of anilines is 2. The molecule has 2 rings (SSSR count). The number of nitrogens with one attached hydrogen (secondary N) is 2. The first-order chi connectivity index (χ1) is 10.2. The van der Waals surface area contributed by atoms with Crippen molar-refractivity contribution in [1.82, 2.24) is 0 Å². The standard InChI is InChI=1S/C16H17FN2O2/c1-21-11-12-5-2-3-8-15(12)18-10-16(20)19-14-7-4-6-13(17)9-14/h2-9,18H,10-11H2,1H3,(H,19,20). The van der Waals surface area contributed by atoms with Crippen molar-refractivity contribution in [3.8, 4) is 0 Å². The first kappa shape index (κ1) is 15.0. The summed E-state index contributed by atoms with van der Waals surface area (Å²) in [6.07, 6.45) is 0. The molecule has 110 valence electrons. The molecule has 2 aromatic rings. The first-order valence-electron chi connectivity index (χ1n) is 6.55. The van der Waals surface area contributed by atoms with Crippen molar-refractivity contribution < 1.29 is 13.9 Å². The number of rotatable bonds is 6. The Morgan fingerprint density at radius 1 is 1.19 bits per heavy atom. The molecule has 2 N–H and O–H groups in total. The lowest BCUT2D eigenvalue weighted by molar-refractivity contribution is -0.114. The third-order valence-electron chi connectivity index (χ3n) is 2.86. The number of halogens is 1. The smallest absolute Gasteiger partial charge is 0.243 e. The number of hydrogen-bond acceptors (Lipinski definition) is 3. The fourth-order valence-corrected chi connectivity index (χ4v) is 1.92. The van der Waals surface area contributed by atoms with Crippen LogP contribution in [-0.2, 0) is 16.1 Å². The lowest BCUT2D eigenvalue weighted by Gasteiger charge is -2.11. The van der Waals surface area contributed by atoms with E-state index in [4.69, 9.17) is 4.74 Å². The molecule has 0 radical (unpaired) electrons. The van der Waals surface area contributed by atoms with Gasteiger partial charge in [0.2, 0.25) is 5.91 Å². The molecule has 0 aliphatic carbocycles. The molecule has 5 heteroatoms. The number of carbonyl (C=O) groups excluding carboxylic acids is 1. The van der Waals surface area contributed by atoms with Gasteiger partial charge in [0.05, 0.1) is 13.2 Å². The van der Waals surface area contributed by atoms with Crippen LogP contribution >= 0.6 is 0 Å². The van der Waals surface area contributed by atoms with Crippen molar-refractivity contribution in [3.63, 3.8) is 0 Å². The van der Waals surface area contributed by atoms with Gasteiger partial charge in [-0.1, -0.05) is 24.3 Å². The molecule has 4 nitrogen and oxygen atoms in total. The van der Waals surface area contributed by atoms with Crippen LogP contribution in [0.2, 0.25) is 0 Å². The molecule has 2 aromatic carbocycles. The summed E-state index contributed by atoms with van der Waals surface area (Å²) in [5.41, 5.74) is 2.25. The lowest BCUT2D eigenvalue weighted by atomic mass is 10.2. The molecule has 21 heavy (non-hydrogen) atoms. The van der Waals surface area contributed by atoms with E-state index < -0.39 is 0 Å². The summed E-state index contributed by atoms with van der Waals surface area (Å²) in [5, 5.41) is 5.68. The van der Waals surface area contributed by atoms with Crippen molar-refractivity contribution in [2.24, 2.45) is 0 Å². The summed E-state index contributed by atoms with van der Waals surface area (Å²) >= 11 is 0. The van der Waals surface area contributed by atoms with Crippen LogP contribution in [0, 0.1) is 5.82 Å². The second-order valence-electron chi connectivity index (χ2n) is 4.50. The quantitative estimate of drug-likeness (QED) is 0.859. The number of amides is 1. The molecule has 0 aliphatic rings. The summed E-state index contributed by atoms with van der Waals surface area (Å²) in [5.74, 6) is -0.626. The van der Waals surface area contributed by atoms with Crippen LogP contribution in [0.25, 0.3) is 0 Å². The van der Waals surface area contributed by atoms with Crippen LogP contribution in [0.4, 0.5) is 15.8 Å². The SMILES string of the molecule is COCc1ccccc1NCC(=O)Nc1cccc(F)c1. The molecular formula is C16H17FN2O2. The van der Waals surface area contributed by atoms with Gasteiger partial charge in [-0.2, -0.15) is 0 Å². The maximum atomic E-state index is 13.0. The summed E-state index contributed by atoms with van der Waals surface area (Å²) in [6, 6.07) is 13.4. The highest BCUT2D eigenvalue weighted by atomic mass is 19.1. The number of hydrogen-bond donors (Lipinski definition) is 2. The molecular weight excluding hydrogens is 271 g/mol.